The van der Waals surface area contributed by atoms with Crippen molar-refractivity contribution in [2.75, 3.05) is 59.4 Å². The molecule has 2 aliphatic heterocycles. The predicted molar refractivity (Wildman–Crippen MR) is 175 cm³/mol. The molecule has 0 radical (unpaired) electrons. The van der Waals surface area contributed by atoms with Crippen LogP contribution in [-0.2, 0) is 22.6 Å². The molecule has 0 N–H and O–H groups in total. The van der Waals surface area contributed by atoms with Crippen LogP contribution in [0.4, 0.5) is 5.82 Å². The number of hydrogen-bond donors (Lipinski definition) is 0. The highest BCUT2D eigenvalue weighted by Crippen LogP contribution is 2.42. The van der Waals surface area contributed by atoms with E-state index in [4.69, 9.17) is 54.2 Å². The number of halogens is 3. The fourth-order valence-corrected chi connectivity index (χ4v) is 6.38. The van der Waals surface area contributed by atoms with Crippen molar-refractivity contribution in [3.63, 3.8) is 0 Å². The maximum atomic E-state index is 7.08. The highest BCUT2D eigenvalue weighted by atomic mass is 35.5. The average Bonchev–Trinajstić information content (AvgIpc) is 2.97. The lowest BCUT2D eigenvalue weighted by molar-refractivity contribution is -0.0340. The van der Waals surface area contributed by atoms with Crippen molar-refractivity contribution < 1.29 is 9.47 Å². The van der Waals surface area contributed by atoms with Crippen LogP contribution in [0.5, 0.6) is 0 Å². The van der Waals surface area contributed by atoms with E-state index in [2.05, 4.69) is 19.8 Å². The first kappa shape index (κ1) is 31.1. The summed E-state index contributed by atoms with van der Waals surface area (Å²) >= 11 is 20.7. The first-order valence-electron chi connectivity index (χ1n) is 14.4. The Kier molecular flexibility index (Phi) is 9.35. The van der Waals surface area contributed by atoms with E-state index in [1.54, 1.807) is 26.6 Å². The minimum atomic E-state index is 0.258. The Hall–Kier alpha value is -2.89. The summed E-state index contributed by atoms with van der Waals surface area (Å²) in [5.74, 6) is 0.802. The second-order valence-corrected chi connectivity index (χ2v) is 12.5. The summed E-state index contributed by atoms with van der Waals surface area (Å²) < 4.78 is 10.8. The number of anilines is 1. The van der Waals surface area contributed by atoms with Gasteiger partial charge in [-0.1, -0.05) is 71.2 Å². The van der Waals surface area contributed by atoms with E-state index in [1.165, 1.54) is 0 Å². The Balaban J connectivity index is 1.27. The lowest BCUT2D eigenvalue weighted by atomic mass is 9.98. The number of likely N-dealkylation sites (tertiary alicyclic amines) is 2. The van der Waals surface area contributed by atoms with Crippen LogP contribution in [0.15, 0.2) is 48.8 Å². The van der Waals surface area contributed by atoms with Crippen molar-refractivity contribution in [2.45, 2.75) is 25.3 Å². The average molecular weight is 655 g/mol. The third-order valence-electron chi connectivity index (χ3n) is 8.15. The molecule has 2 aromatic heterocycles. The van der Waals surface area contributed by atoms with Gasteiger partial charge in [0.1, 0.15) is 0 Å². The van der Waals surface area contributed by atoms with Crippen LogP contribution in [0.25, 0.3) is 33.6 Å². The van der Waals surface area contributed by atoms with E-state index in [1.807, 2.05) is 55.4 Å². The summed E-state index contributed by atoms with van der Waals surface area (Å²) in [6.07, 6.45) is 4.04. The van der Waals surface area contributed by atoms with Crippen molar-refractivity contribution >= 4 is 40.6 Å². The van der Waals surface area contributed by atoms with Crippen LogP contribution in [0, 0.1) is 0 Å². The summed E-state index contributed by atoms with van der Waals surface area (Å²) in [5.41, 5.74) is 5.94. The summed E-state index contributed by atoms with van der Waals surface area (Å²) in [5, 5.41) is 1.40. The molecule has 9 nitrogen and oxygen atoms in total. The molecule has 0 bridgehead atoms. The molecule has 0 atom stereocenters. The lowest BCUT2D eigenvalue weighted by Gasteiger charge is -2.38. The fourth-order valence-electron chi connectivity index (χ4n) is 5.53. The smallest absolute Gasteiger partial charge is 0.152 e. The number of ether oxygens (including phenoxy) is 2. The van der Waals surface area contributed by atoms with Gasteiger partial charge >= 0.3 is 0 Å². The third kappa shape index (κ3) is 6.28. The van der Waals surface area contributed by atoms with Gasteiger partial charge in [-0.3, -0.25) is 19.8 Å². The van der Waals surface area contributed by atoms with Crippen LogP contribution < -0.4 is 4.90 Å². The monoisotopic (exact) mass is 653 g/mol. The highest BCUT2D eigenvalue weighted by Gasteiger charge is 2.29. The van der Waals surface area contributed by atoms with Gasteiger partial charge in [-0.2, -0.15) is 0 Å². The zero-order valence-corrected chi connectivity index (χ0v) is 27.4. The minimum Gasteiger partial charge on any atom is -0.379 e. The Morgan fingerprint density at radius 1 is 0.705 bits per heavy atom. The van der Waals surface area contributed by atoms with Gasteiger partial charge in [-0.15, -0.1) is 0 Å². The molecule has 2 fully saturated rings. The predicted octanol–water partition coefficient (Wildman–Crippen LogP) is 5.96. The Bertz CT molecular complexity index is 1660. The molecule has 0 spiro atoms. The van der Waals surface area contributed by atoms with E-state index >= 15 is 0 Å². The van der Waals surface area contributed by atoms with Crippen molar-refractivity contribution in [3.05, 3.63) is 75.4 Å². The molecule has 6 rings (SSSR count). The number of hydrogen-bond acceptors (Lipinski definition) is 9. The zero-order chi connectivity index (χ0) is 31.0. The first-order chi connectivity index (χ1) is 21.2. The first-order valence-corrected chi connectivity index (χ1v) is 15.5. The third-order valence-corrected chi connectivity index (χ3v) is 9.27. The van der Waals surface area contributed by atoms with Crippen molar-refractivity contribution in [3.8, 4) is 33.6 Å². The second-order valence-electron chi connectivity index (χ2n) is 11.4. The molecule has 12 heteroatoms. The molecular weight excluding hydrogens is 621 g/mol. The normalized spacial score (nSPS) is 16.2. The van der Waals surface area contributed by atoms with Gasteiger partial charge in [-0.25, -0.2) is 9.97 Å². The molecular formula is C32H34Cl3N7O2. The van der Waals surface area contributed by atoms with E-state index in [9.17, 15) is 0 Å². The van der Waals surface area contributed by atoms with Crippen molar-refractivity contribution in [1.29, 1.82) is 0 Å². The van der Waals surface area contributed by atoms with Crippen LogP contribution >= 0.6 is 34.8 Å². The zero-order valence-electron chi connectivity index (χ0n) is 25.1. The number of rotatable bonds is 10. The lowest BCUT2D eigenvalue weighted by Crippen LogP contribution is -2.51. The molecule has 2 aromatic carbocycles. The summed E-state index contributed by atoms with van der Waals surface area (Å²) in [6.45, 7) is 4.80. The van der Waals surface area contributed by atoms with E-state index in [0.29, 0.717) is 39.7 Å². The number of nitrogens with zero attached hydrogens (tertiary/aromatic N) is 7. The van der Waals surface area contributed by atoms with Crippen LogP contribution in [-0.4, -0.2) is 96.4 Å². The molecule has 0 amide bonds. The van der Waals surface area contributed by atoms with Gasteiger partial charge in [0.05, 0.1) is 57.4 Å². The maximum absolute atomic E-state index is 7.08. The minimum absolute atomic E-state index is 0.258. The van der Waals surface area contributed by atoms with Gasteiger partial charge in [0, 0.05) is 89.8 Å². The summed E-state index contributed by atoms with van der Waals surface area (Å²) in [6, 6.07) is 11.6. The highest BCUT2D eigenvalue weighted by molar-refractivity contribution is 6.39. The maximum Gasteiger partial charge on any atom is 0.152 e. The van der Waals surface area contributed by atoms with Crippen LogP contribution in [0.3, 0.4) is 0 Å². The number of benzene rings is 2. The molecule has 0 aliphatic carbocycles. The van der Waals surface area contributed by atoms with Crippen LogP contribution in [0.2, 0.25) is 15.2 Å². The molecule has 2 saturated heterocycles. The van der Waals surface area contributed by atoms with Gasteiger partial charge < -0.3 is 14.4 Å². The van der Waals surface area contributed by atoms with Crippen molar-refractivity contribution in [1.82, 2.24) is 29.7 Å². The number of methoxy groups -OCH3 is 2. The van der Waals surface area contributed by atoms with Gasteiger partial charge in [-0.05, 0) is 0 Å². The standard InChI is InChI=1S/C32H34Cl3N7O2/c1-40(2)32-28(18-42-15-20(16-42)44-4)37-12-26(39-32)24-10-6-8-22(30(24)34)21-7-5-9-23(29(21)33)25-11-36-27(31(35)38-25)17-41-13-19(14-41)43-3/h5-12,19-20H,13-18H2,1-4H3. The van der Waals surface area contributed by atoms with Gasteiger partial charge in [0.25, 0.3) is 0 Å². The molecule has 4 aromatic rings. The largest absolute Gasteiger partial charge is 0.379 e. The summed E-state index contributed by atoms with van der Waals surface area (Å²) in [4.78, 5) is 25.5. The molecule has 230 valence electrons. The fraction of sp³-hybridized carbons (Fsp3) is 0.375. The Labute approximate surface area is 272 Å². The van der Waals surface area contributed by atoms with Crippen LogP contribution in [0.1, 0.15) is 11.4 Å². The number of aromatic nitrogens is 4. The summed E-state index contributed by atoms with van der Waals surface area (Å²) in [7, 11) is 7.41. The molecule has 0 unspecified atom stereocenters. The Morgan fingerprint density at radius 2 is 1.16 bits per heavy atom. The molecule has 2 aliphatic rings. The van der Waals surface area contributed by atoms with Gasteiger partial charge in [0.2, 0.25) is 0 Å². The molecule has 0 saturated carbocycles. The van der Waals surface area contributed by atoms with E-state index in [0.717, 1.165) is 65.6 Å². The SMILES string of the molecule is COC1CN(Cc2ncc(-c3cccc(-c4cccc(-c5cnc(CN6CC(OC)C6)c(N(C)C)n5)c4Cl)c3Cl)nc2Cl)C1. The topological polar surface area (TPSA) is 79.7 Å². The Morgan fingerprint density at radius 3 is 1.64 bits per heavy atom. The van der Waals surface area contributed by atoms with Gasteiger partial charge in [0.15, 0.2) is 11.0 Å². The second kappa shape index (κ2) is 13.2. The van der Waals surface area contributed by atoms with E-state index in [-0.39, 0.29) is 12.2 Å². The van der Waals surface area contributed by atoms with Crippen molar-refractivity contribution in [2.24, 2.45) is 0 Å². The molecule has 44 heavy (non-hydrogen) atoms. The molecule has 4 heterocycles. The quantitative estimate of drug-likeness (QED) is 0.206. The van der Waals surface area contributed by atoms with E-state index < -0.39 is 0 Å².